The highest BCUT2D eigenvalue weighted by Crippen LogP contribution is 2.60. The van der Waals surface area contributed by atoms with E-state index < -0.39 is 41.8 Å². The second kappa shape index (κ2) is 5.43. The van der Waals surface area contributed by atoms with Crippen molar-refractivity contribution in [1.29, 1.82) is 0 Å². The van der Waals surface area contributed by atoms with Gasteiger partial charge in [0.2, 0.25) is 5.95 Å². The van der Waals surface area contributed by atoms with Crippen molar-refractivity contribution >= 4 is 17.7 Å². The number of halogens is 4. The average molecular weight is 374 g/mol. The first-order valence-corrected chi connectivity index (χ1v) is 8.48. The lowest BCUT2D eigenvalue weighted by atomic mass is 10.1. The third-order valence-corrected chi connectivity index (χ3v) is 5.76. The Hall–Kier alpha value is -2.13. The molecule has 0 amide bonds. The van der Waals surface area contributed by atoms with Crippen LogP contribution in [-0.2, 0) is 11.0 Å². The van der Waals surface area contributed by atoms with Crippen molar-refractivity contribution in [1.82, 2.24) is 9.97 Å². The van der Waals surface area contributed by atoms with E-state index in [0.29, 0.717) is 6.54 Å². The number of aliphatic carboxylic acids is 1. The van der Waals surface area contributed by atoms with Crippen molar-refractivity contribution < 1.29 is 27.5 Å². The van der Waals surface area contributed by atoms with E-state index in [1.54, 1.807) is 9.80 Å². The predicted molar refractivity (Wildman–Crippen MR) is 83.7 cm³/mol. The summed E-state index contributed by atoms with van der Waals surface area (Å²) in [6.07, 6.45) is -4.30. The molecule has 0 radical (unpaired) electrons. The number of nitrogens with zero attached hydrogens (tertiary/aromatic N) is 4. The number of anilines is 2. The molecule has 2 saturated heterocycles. The Morgan fingerprint density at radius 3 is 2.46 bits per heavy atom. The van der Waals surface area contributed by atoms with E-state index in [1.807, 2.05) is 6.92 Å². The quantitative estimate of drug-likeness (QED) is 0.816. The molecule has 0 aromatic carbocycles. The third-order valence-electron chi connectivity index (χ3n) is 5.76. The minimum Gasteiger partial charge on any atom is -0.481 e. The van der Waals surface area contributed by atoms with Gasteiger partial charge in [0.15, 0.2) is 5.69 Å². The number of hydrogen-bond acceptors (Lipinski definition) is 5. The van der Waals surface area contributed by atoms with Crippen molar-refractivity contribution in [2.45, 2.75) is 37.7 Å². The van der Waals surface area contributed by atoms with E-state index in [4.69, 9.17) is 5.11 Å². The molecule has 0 bridgehead atoms. The Morgan fingerprint density at radius 1 is 1.35 bits per heavy atom. The van der Waals surface area contributed by atoms with Crippen LogP contribution in [0.4, 0.5) is 29.3 Å². The predicted octanol–water partition coefficient (Wildman–Crippen LogP) is 2.34. The highest BCUT2D eigenvalue weighted by molar-refractivity contribution is 5.70. The first-order chi connectivity index (χ1) is 12.1. The highest BCUT2D eigenvalue weighted by Gasteiger charge is 2.70. The van der Waals surface area contributed by atoms with Crippen LogP contribution in [0.5, 0.6) is 0 Å². The maximum atomic E-state index is 14.5. The van der Waals surface area contributed by atoms with Crippen LogP contribution in [0, 0.1) is 11.8 Å². The fourth-order valence-electron chi connectivity index (χ4n) is 4.03. The topological polar surface area (TPSA) is 69.6 Å². The normalized spacial score (nSPS) is 33.0. The number of alkyl halides is 4. The van der Waals surface area contributed by atoms with Crippen molar-refractivity contribution in [3.8, 4) is 0 Å². The summed E-state index contributed by atoms with van der Waals surface area (Å²) >= 11 is 0. The summed E-state index contributed by atoms with van der Waals surface area (Å²) in [6, 6.07) is 0.961. The van der Waals surface area contributed by atoms with Crippen molar-refractivity contribution in [3.05, 3.63) is 11.8 Å². The van der Waals surface area contributed by atoms with Crippen LogP contribution in [-0.4, -0.2) is 52.4 Å². The number of aromatic nitrogens is 2. The van der Waals surface area contributed by atoms with Gasteiger partial charge in [-0.25, -0.2) is 9.37 Å². The van der Waals surface area contributed by atoms with Gasteiger partial charge in [0, 0.05) is 43.6 Å². The Balaban J connectivity index is 1.58. The zero-order valence-electron chi connectivity index (χ0n) is 14.0. The summed E-state index contributed by atoms with van der Waals surface area (Å²) in [5.74, 6) is -2.01. The molecule has 4 atom stereocenters. The van der Waals surface area contributed by atoms with Gasteiger partial charge in [-0.15, -0.1) is 0 Å². The molecule has 10 heteroatoms. The summed E-state index contributed by atoms with van der Waals surface area (Å²) in [5.41, 5.74) is -2.77. The van der Waals surface area contributed by atoms with Crippen LogP contribution >= 0.6 is 0 Å². The fourth-order valence-corrected chi connectivity index (χ4v) is 4.03. The minimum atomic E-state index is -4.60. The Labute approximate surface area is 146 Å². The molecule has 26 heavy (non-hydrogen) atoms. The molecular weight excluding hydrogens is 356 g/mol. The second-order valence-electron chi connectivity index (χ2n) is 7.36. The van der Waals surface area contributed by atoms with E-state index in [2.05, 4.69) is 9.97 Å². The van der Waals surface area contributed by atoms with Gasteiger partial charge in [-0.1, -0.05) is 0 Å². The molecule has 4 rings (SSSR count). The van der Waals surface area contributed by atoms with Crippen LogP contribution in [0.1, 0.15) is 25.5 Å². The van der Waals surface area contributed by atoms with Crippen LogP contribution in [0.3, 0.4) is 0 Å². The minimum absolute atomic E-state index is 0.0335. The van der Waals surface area contributed by atoms with E-state index in [0.717, 1.165) is 12.5 Å². The van der Waals surface area contributed by atoms with Gasteiger partial charge in [0.25, 0.3) is 0 Å². The summed E-state index contributed by atoms with van der Waals surface area (Å²) in [4.78, 5) is 22.0. The lowest BCUT2D eigenvalue weighted by Crippen LogP contribution is -2.47. The van der Waals surface area contributed by atoms with Gasteiger partial charge in [0.1, 0.15) is 11.5 Å². The molecule has 1 N–H and O–H groups in total. The van der Waals surface area contributed by atoms with Crippen LogP contribution in [0.25, 0.3) is 0 Å². The van der Waals surface area contributed by atoms with Crippen LogP contribution in [0.15, 0.2) is 6.07 Å². The Morgan fingerprint density at radius 2 is 2.00 bits per heavy atom. The standard InChI is InChI=1S/C16H18F4N4O2/c1-8-2-3-24(8)14-21-11(16(18,19)20)4-12(22-14)23-6-9-10(7-23)15(9,17)5-13(25)26/h4,8-10H,2-3,5-7H2,1H3,(H,25,26)/t8-,9-,10+,15?/m0/s1. The number of rotatable bonds is 4. The SMILES string of the molecule is C[C@H]1CCN1c1nc(N2C[C@@H]3[C@H](C2)C3(F)CC(=O)O)cc(C(F)(F)F)n1. The molecule has 6 nitrogen and oxygen atoms in total. The van der Waals surface area contributed by atoms with Crippen LogP contribution in [0.2, 0.25) is 0 Å². The number of carboxylic acid groups (broad SMARTS) is 1. The number of carbonyl (C=O) groups is 1. The summed E-state index contributed by atoms with van der Waals surface area (Å²) in [7, 11) is 0. The lowest BCUT2D eigenvalue weighted by Gasteiger charge is -2.39. The van der Waals surface area contributed by atoms with Crippen LogP contribution < -0.4 is 9.80 Å². The summed E-state index contributed by atoms with van der Waals surface area (Å²) in [6.45, 7) is 2.82. The molecule has 2 aliphatic heterocycles. The summed E-state index contributed by atoms with van der Waals surface area (Å²) < 4.78 is 54.2. The van der Waals surface area contributed by atoms with Gasteiger partial charge in [-0.05, 0) is 13.3 Å². The molecule has 1 unspecified atom stereocenters. The number of hydrogen-bond donors (Lipinski definition) is 1. The largest absolute Gasteiger partial charge is 0.481 e. The maximum absolute atomic E-state index is 14.5. The average Bonchev–Trinajstić information content (AvgIpc) is 2.88. The molecule has 1 aromatic rings. The molecule has 3 heterocycles. The zero-order chi connectivity index (χ0) is 18.9. The Bertz CT molecular complexity index is 744. The van der Waals surface area contributed by atoms with E-state index in [9.17, 15) is 22.4 Å². The molecule has 142 valence electrons. The monoisotopic (exact) mass is 374 g/mol. The second-order valence-corrected chi connectivity index (χ2v) is 7.36. The van der Waals surface area contributed by atoms with Gasteiger partial charge in [0.05, 0.1) is 6.42 Å². The van der Waals surface area contributed by atoms with Crippen molar-refractivity contribution in [2.24, 2.45) is 11.8 Å². The van der Waals surface area contributed by atoms with Gasteiger partial charge in [-0.3, -0.25) is 4.79 Å². The first kappa shape index (κ1) is 17.3. The number of carboxylic acids is 1. The maximum Gasteiger partial charge on any atom is 0.433 e. The number of piperidine rings is 1. The van der Waals surface area contributed by atoms with E-state index in [1.165, 1.54) is 0 Å². The van der Waals surface area contributed by atoms with Gasteiger partial charge >= 0.3 is 12.1 Å². The van der Waals surface area contributed by atoms with Crippen molar-refractivity contribution in [2.75, 3.05) is 29.4 Å². The van der Waals surface area contributed by atoms with Gasteiger partial charge < -0.3 is 14.9 Å². The molecule has 1 aromatic heterocycles. The molecule has 1 saturated carbocycles. The first-order valence-electron chi connectivity index (χ1n) is 8.48. The third kappa shape index (κ3) is 2.66. The molecule has 3 aliphatic rings. The molecule has 3 fully saturated rings. The smallest absolute Gasteiger partial charge is 0.433 e. The summed E-state index contributed by atoms with van der Waals surface area (Å²) in [5, 5.41) is 8.80. The fraction of sp³-hybridized carbons (Fsp3) is 0.688. The van der Waals surface area contributed by atoms with E-state index in [-0.39, 0.29) is 30.9 Å². The molecular formula is C16H18F4N4O2. The zero-order valence-corrected chi connectivity index (χ0v) is 14.0. The number of fused-ring (bicyclic) bond motifs is 1. The Kier molecular flexibility index (Phi) is 3.61. The highest BCUT2D eigenvalue weighted by atomic mass is 19.4. The molecule has 0 spiro atoms. The van der Waals surface area contributed by atoms with Crippen molar-refractivity contribution in [3.63, 3.8) is 0 Å². The molecule has 1 aliphatic carbocycles. The lowest BCUT2D eigenvalue weighted by molar-refractivity contribution is -0.141. The van der Waals surface area contributed by atoms with E-state index >= 15 is 0 Å². The van der Waals surface area contributed by atoms with Gasteiger partial charge in [-0.2, -0.15) is 18.2 Å².